The van der Waals surface area contributed by atoms with Gasteiger partial charge in [-0.15, -0.1) is 0 Å². The van der Waals surface area contributed by atoms with Gasteiger partial charge >= 0.3 is 0 Å². The molecule has 0 bridgehead atoms. The number of nitrogens with zero attached hydrogens (tertiary/aromatic N) is 2. The highest BCUT2D eigenvalue weighted by molar-refractivity contribution is 7.92. The van der Waals surface area contributed by atoms with Gasteiger partial charge in [-0.05, 0) is 63.8 Å². The number of amides is 2. The first-order chi connectivity index (χ1) is 16.7. The van der Waals surface area contributed by atoms with Crippen molar-refractivity contribution in [2.75, 3.05) is 17.1 Å². The number of aryl methyl sites for hydroxylation is 1. The van der Waals surface area contributed by atoms with Crippen LogP contribution < -0.4 is 9.62 Å². The second-order valence-corrected chi connectivity index (χ2v) is 12.3. The molecule has 1 N–H and O–H groups in total. The van der Waals surface area contributed by atoms with Crippen LogP contribution in [0.5, 0.6) is 0 Å². The molecule has 0 radical (unpaired) electrons. The number of hydrogen-bond acceptors (Lipinski definition) is 4. The van der Waals surface area contributed by atoms with Crippen molar-refractivity contribution in [3.8, 4) is 0 Å². The second-order valence-electron chi connectivity index (χ2n) is 10.0. The molecule has 0 aromatic heterocycles. The average Bonchev–Trinajstić information content (AvgIpc) is 2.76. The maximum absolute atomic E-state index is 13.5. The van der Waals surface area contributed by atoms with Crippen LogP contribution in [-0.4, -0.2) is 49.5 Å². The lowest BCUT2D eigenvalue weighted by molar-refractivity contribution is -0.142. The Morgan fingerprint density at radius 3 is 2.22 bits per heavy atom. The summed E-state index contributed by atoms with van der Waals surface area (Å²) < 4.78 is 26.4. The number of nitrogens with one attached hydrogen (secondary N) is 1. The summed E-state index contributed by atoms with van der Waals surface area (Å²) in [5.74, 6) is -0.466. The molecule has 0 aliphatic carbocycles. The lowest BCUT2D eigenvalue weighted by Gasteiger charge is -2.33. The van der Waals surface area contributed by atoms with Crippen LogP contribution >= 0.6 is 11.6 Å². The van der Waals surface area contributed by atoms with E-state index in [9.17, 15) is 18.0 Å². The number of benzene rings is 2. The number of halogens is 1. The molecule has 9 heteroatoms. The van der Waals surface area contributed by atoms with Gasteiger partial charge in [-0.3, -0.25) is 13.9 Å². The first-order valence-electron chi connectivity index (χ1n) is 12.1. The molecule has 1 unspecified atom stereocenters. The quantitative estimate of drug-likeness (QED) is 0.442. The van der Waals surface area contributed by atoms with Crippen LogP contribution in [0.2, 0.25) is 5.02 Å². The van der Waals surface area contributed by atoms with Gasteiger partial charge in [0.15, 0.2) is 0 Å². The van der Waals surface area contributed by atoms with Crippen molar-refractivity contribution < 1.29 is 18.0 Å². The Balaban J connectivity index is 2.26. The second kappa shape index (κ2) is 12.6. The Labute approximate surface area is 220 Å². The third-order valence-corrected chi connectivity index (χ3v) is 7.27. The SMILES string of the molecule is CCC(C(=O)NC(C)(C)C)N(Cc1ccccc1Cl)C(=O)CCCN(c1ccccc1C)S(C)(=O)=O. The van der Waals surface area contributed by atoms with Crippen molar-refractivity contribution in [3.05, 3.63) is 64.7 Å². The summed E-state index contributed by atoms with van der Waals surface area (Å²) in [5.41, 5.74) is 1.72. The topological polar surface area (TPSA) is 86.8 Å². The normalized spacial score (nSPS) is 12.6. The fourth-order valence-corrected chi connectivity index (χ4v) is 5.23. The van der Waals surface area contributed by atoms with Gasteiger partial charge in [0, 0.05) is 30.1 Å². The molecule has 7 nitrogen and oxygen atoms in total. The molecule has 2 amide bonds. The van der Waals surface area contributed by atoms with E-state index in [0.29, 0.717) is 23.6 Å². The minimum Gasteiger partial charge on any atom is -0.350 e. The molecule has 2 aromatic carbocycles. The van der Waals surface area contributed by atoms with Crippen LogP contribution in [0, 0.1) is 6.92 Å². The number of hydrogen-bond donors (Lipinski definition) is 1. The Morgan fingerprint density at radius 1 is 1.06 bits per heavy atom. The van der Waals surface area contributed by atoms with Crippen molar-refractivity contribution in [2.45, 2.75) is 72.0 Å². The fraction of sp³-hybridized carbons (Fsp3) is 0.481. The summed E-state index contributed by atoms with van der Waals surface area (Å²) in [5, 5.41) is 3.49. The van der Waals surface area contributed by atoms with Crippen LogP contribution in [0.1, 0.15) is 58.1 Å². The van der Waals surface area contributed by atoms with Crippen molar-refractivity contribution in [3.63, 3.8) is 0 Å². The Bertz CT molecular complexity index is 1160. The molecule has 1 atom stereocenters. The number of carbonyl (C=O) groups is 2. The third kappa shape index (κ3) is 8.52. The van der Waals surface area contributed by atoms with Gasteiger partial charge in [-0.2, -0.15) is 0 Å². The highest BCUT2D eigenvalue weighted by Gasteiger charge is 2.31. The van der Waals surface area contributed by atoms with E-state index in [1.807, 2.05) is 65.0 Å². The lowest BCUT2D eigenvalue weighted by atomic mass is 10.0. The van der Waals surface area contributed by atoms with E-state index in [-0.39, 0.29) is 31.3 Å². The molecule has 0 spiro atoms. The Morgan fingerprint density at radius 2 is 1.67 bits per heavy atom. The van der Waals surface area contributed by atoms with Crippen molar-refractivity contribution >= 4 is 39.1 Å². The van der Waals surface area contributed by atoms with E-state index >= 15 is 0 Å². The molecular formula is C27H38ClN3O4S. The Hall–Kier alpha value is -2.58. The molecule has 0 saturated heterocycles. The standard InChI is InChI=1S/C27H38ClN3O4S/c1-7-23(26(33)29-27(3,4)5)30(19-21-14-9-10-15-22(21)28)25(32)17-12-18-31(36(6,34)35)24-16-11-8-13-20(24)2/h8-11,13-16,23H,7,12,17-19H2,1-6H3,(H,29,33). The number of anilines is 1. The van der Waals surface area contributed by atoms with Gasteiger partial charge in [0.2, 0.25) is 21.8 Å². The lowest BCUT2D eigenvalue weighted by Crippen LogP contribution is -2.53. The predicted octanol–water partition coefficient (Wildman–Crippen LogP) is 4.92. The van der Waals surface area contributed by atoms with Crippen LogP contribution in [0.15, 0.2) is 48.5 Å². The summed E-state index contributed by atoms with van der Waals surface area (Å²) in [6.07, 6.45) is 1.98. The molecule has 2 aromatic rings. The van der Waals surface area contributed by atoms with E-state index in [0.717, 1.165) is 17.4 Å². The smallest absolute Gasteiger partial charge is 0.243 e. The van der Waals surface area contributed by atoms with E-state index in [1.165, 1.54) is 4.31 Å². The molecule has 0 aliphatic heterocycles. The van der Waals surface area contributed by atoms with Gasteiger partial charge in [-0.1, -0.05) is 54.9 Å². The molecule has 0 fully saturated rings. The van der Waals surface area contributed by atoms with Crippen molar-refractivity contribution in [1.29, 1.82) is 0 Å². The zero-order valence-electron chi connectivity index (χ0n) is 22.0. The molecule has 198 valence electrons. The highest BCUT2D eigenvalue weighted by atomic mass is 35.5. The van der Waals surface area contributed by atoms with Gasteiger partial charge < -0.3 is 10.2 Å². The minimum absolute atomic E-state index is 0.0850. The van der Waals surface area contributed by atoms with E-state index in [2.05, 4.69) is 5.32 Å². The van der Waals surface area contributed by atoms with Crippen molar-refractivity contribution in [1.82, 2.24) is 10.2 Å². The molecule has 0 aliphatic rings. The maximum Gasteiger partial charge on any atom is 0.243 e. The summed E-state index contributed by atoms with van der Waals surface area (Å²) in [4.78, 5) is 28.2. The first-order valence-corrected chi connectivity index (χ1v) is 14.4. The summed E-state index contributed by atoms with van der Waals surface area (Å²) >= 11 is 6.37. The first kappa shape index (κ1) is 29.6. The van der Waals surface area contributed by atoms with Gasteiger partial charge in [0.05, 0.1) is 11.9 Å². The minimum atomic E-state index is -3.54. The summed E-state index contributed by atoms with van der Waals surface area (Å²) in [6, 6.07) is 13.8. The van der Waals surface area contributed by atoms with Gasteiger partial charge in [-0.25, -0.2) is 8.42 Å². The van der Waals surface area contributed by atoms with E-state index < -0.39 is 21.6 Å². The van der Waals surface area contributed by atoms with Gasteiger partial charge in [0.1, 0.15) is 6.04 Å². The van der Waals surface area contributed by atoms with Crippen LogP contribution in [-0.2, 0) is 26.2 Å². The summed E-state index contributed by atoms with van der Waals surface area (Å²) in [7, 11) is -3.54. The third-order valence-electron chi connectivity index (χ3n) is 5.72. The monoisotopic (exact) mass is 535 g/mol. The number of rotatable bonds is 11. The largest absolute Gasteiger partial charge is 0.350 e. The van der Waals surface area contributed by atoms with E-state index in [1.54, 1.807) is 23.1 Å². The number of carbonyl (C=O) groups excluding carboxylic acids is 2. The zero-order chi connectivity index (χ0) is 27.1. The number of sulfonamides is 1. The van der Waals surface area contributed by atoms with Gasteiger partial charge in [0.25, 0.3) is 0 Å². The zero-order valence-corrected chi connectivity index (χ0v) is 23.6. The van der Waals surface area contributed by atoms with E-state index in [4.69, 9.17) is 11.6 Å². The van der Waals surface area contributed by atoms with Crippen LogP contribution in [0.4, 0.5) is 5.69 Å². The highest BCUT2D eigenvalue weighted by Crippen LogP contribution is 2.24. The predicted molar refractivity (Wildman–Crippen MR) is 147 cm³/mol. The maximum atomic E-state index is 13.5. The van der Waals surface area contributed by atoms with Crippen LogP contribution in [0.3, 0.4) is 0 Å². The molecule has 36 heavy (non-hydrogen) atoms. The summed E-state index contributed by atoms with van der Waals surface area (Å²) in [6.45, 7) is 9.73. The number of para-hydroxylation sites is 1. The average molecular weight is 536 g/mol. The fourth-order valence-electron chi connectivity index (χ4n) is 4.01. The Kier molecular flexibility index (Phi) is 10.4. The molecule has 0 saturated carbocycles. The molecule has 2 rings (SSSR count). The molecule has 0 heterocycles. The van der Waals surface area contributed by atoms with Crippen LogP contribution in [0.25, 0.3) is 0 Å². The van der Waals surface area contributed by atoms with Crippen molar-refractivity contribution in [2.24, 2.45) is 0 Å². The molecular weight excluding hydrogens is 498 g/mol.